The second-order valence-electron chi connectivity index (χ2n) is 4.90. The van der Waals surface area contributed by atoms with Gasteiger partial charge in [0.2, 0.25) is 0 Å². The molecule has 0 aromatic heterocycles. The highest BCUT2D eigenvalue weighted by atomic mass is 16.6. The van der Waals surface area contributed by atoms with Crippen LogP contribution in [0.15, 0.2) is 18.2 Å². The van der Waals surface area contributed by atoms with E-state index < -0.39 is 0 Å². The minimum absolute atomic E-state index is 0.470. The Hall–Kier alpha value is -1.22. The number of ether oxygens (including phenoxy) is 2. The summed E-state index contributed by atoms with van der Waals surface area (Å²) in [7, 11) is 0. The molecule has 1 atom stereocenters. The SMILES string of the molecule is CC(C)NC(C)Cc1ccc2c(c1)OCCO2. The van der Waals surface area contributed by atoms with Crippen LogP contribution in [0.2, 0.25) is 0 Å². The molecule has 3 heteroatoms. The minimum Gasteiger partial charge on any atom is -0.486 e. The zero-order valence-electron chi connectivity index (χ0n) is 10.8. The van der Waals surface area contributed by atoms with Gasteiger partial charge in [-0.05, 0) is 31.0 Å². The number of hydrogen-bond acceptors (Lipinski definition) is 3. The first-order valence-corrected chi connectivity index (χ1v) is 6.29. The monoisotopic (exact) mass is 235 g/mol. The molecule has 0 bridgehead atoms. The highest BCUT2D eigenvalue weighted by Gasteiger charge is 2.13. The first-order valence-electron chi connectivity index (χ1n) is 6.29. The molecule has 1 heterocycles. The third-order valence-electron chi connectivity index (χ3n) is 2.77. The van der Waals surface area contributed by atoms with E-state index >= 15 is 0 Å². The molecular weight excluding hydrogens is 214 g/mol. The standard InChI is InChI=1S/C14H21NO2/c1-10(2)15-11(3)8-12-4-5-13-14(9-12)17-7-6-16-13/h4-5,9-11,15H,6-8H2,1-3H3. The Labute approximate surface area is 103 Å². The molecule has 0 spiro atoms. The highest BCUT2D eigenvalue weighted by Crippen LogP contribution is 2.31. The lowest BCUT2D eigenvalue weighted by molar-refractivity contribution is 0.171. The molecular formula is C14H21NO2. The van der Waals surface area contributed by atoms with Crippen LogP contribution in [-0.2, 0) is 6.42 Å². The predicted octanol–water partition coefficient (Wildman–Crippen LogP) is 2.39. The Morgan fingerprint density at radius 3 is 2.53 bits per heavy atom. The summed E-state index contributed by atoms with van der Waals surface area (Å²) in [4.78, 5) is 0. The molecule has 0 aliphatic carbocycles. The molecule has 94 valence electrons. The van der Waals surface area contributed by atoms with E-state index in [4.69, 9.17) is 9.47 Å². The fourth-order valence-electron chi connectivity index (χ4n) is 2.20. The largest absolute Gasteiger partial charge is 0.486 e. The van der Waals surface area contributed by atoms with E-state index in [0.717, 1.165) is 17.9 Å². The van der Waals surface area contributed by atoms with Gasteiger partial charge >= 0.3 is 0 Å². The number of nitrogens with one attached hydrogen (secondary N) is 1. The van der Waals surface area contributed by atoms with Crippen molar-refractivity contribution in [2.45, 2.75) is 39.3 Å². The van der Waals surface area contributed by atoms with Gasteiger partial charge in [0.25, 0.3) is 0 Å². The lowest BCUT2D eigenvalue weighted by Crippen LogP contribution is -2.33. The van der Waals surface area contributed by atoms with E-state index in [-0.39, 0.29) is 0 Å². The van der Waals surface area contributed by atoms with Crippen LogP contribution in [0, 0.1) is 0 Å². The van der Waals surface area contributed by atoms with E-state index in [1.807, 2.05) is 6.07 Å². The number of hydrogen-bond donors (Lipinski definition) is 1. The van der Waals surface area contributed by atoms with E-state index in [1.165, 1.54) is 5.56 Å². The molecule has 3 nitrogen and oxygen atoms in total. The summed E-state index contributed by atoms with van der Waals surface area (Å²) >= 11 is 0. The van der Waals surface area contributed by atoms with Gasteiger partial charge in [-0.2, -0.15) is 0 Å². The number of rotatable bonds is 4. The van der Waals surface area contributed by atoms with Crippen LogP contribution in [0.25, 0.3) is 0 Å². The van der Waals surface area contributed by atoms with Crippen LogP contribution in [0.4, 0.5) is 0 Å². The second kappa shape index (κ2) is 5.41. The number of fused-ring (bicyclic) bond motifs is 1. The summed E-state index contributed by atoms with van der Waals surface area (Å²) < 4.78 is 11.1. The molecule has 0 fully saturated rings. The molecule has 0 saturated heterocycles. The fourth-order valence-corrected chi connectivity index (χ4v) is 2.20. The third kappa shape index (κ3) is 3.37. The lowest BCUT2D eigenvalue weighted by Gasteiger charge is -2.20. The Kier molecular flexibility index (Phi) is 3.89. The normalized spacial score (nSPS) is 16.0. The van der Waals surface area contributed by atoms with Crippen molar-refractivity contribution in [1.82, 2.24) is 5.32 Å². The highest BCUT2D eigenvalue weighted by molar-refractivity contribution is 5.44. The van der Waals surface area contributed by atoms with Gasteiger partial charge in [0, 0.05) is 12.1 Å². The molecule has 1 aliphatic rings. The Balaban J connectivity index is 2.01. The van der Waals surface area contributed by atoms with Gasteiger partial charge in [0.05, 0.1) is 0 Å². The summed E-state index contributed by atoms with van der Waals surface area (Å²) in [5, 5.41) is 3.50. The molecule has 1 aromatic rings. The Morgan fingerprint density at radius 2 is 1.82 bits per heavy atom. The molecule has 0 amide bonds. The van der Waals surface area contributed by atoms with E-state index in [1.54, 1.807) is 0 Å². The maximum atomic E-state index is 5.58. The summed E-state index contributed by atoms with van der Waals surface area (Å²) in [6.45, 7) is 7.84. The van der Waals surface area contributed by atoms with Crippen molar-refractivity contribution in [3.05, 3.63) is 23.8 Å². The zero-order chi connectivity index (χ0) is 12.3. The van der Waals surface area contributed by atoms with Crippen LogP contribution in [-0.4, -0.2) is 25.3 Å². The molecule has 1 unspecified atom stereocenters. The molecule has 17 heavy (non-hydrogen) atoms. The summed E-state index contributed by atoms with van der Waals surface area (Å²) in [6, 6.07) is 7.20. The molecule has 1 N–H and O–H groups in total. The topological polar surface area (TPSA) is 30.5 Å². The van der Waals surface area contributed by atoms with Crippen LogP contribution in [0.1, 0.15) is 26.3 Å². The first kappa shape index (κ1) is 12.2. The maximum absolute atomic E-state index is 5.58. The van der Waals surface area contributed by atoms with Crippen LogP contribution < -0.4 is 14.8 Å². The summed E-state index contributed by atoms with van der Waals surface area (Å²) in [5.74, 6) is 1.75. The average molecular weight is 235 g/mol. The van der Waals surface area contributed by atoms with Gasteiger partial charge < -0.3 is 14.8 Å². The minimum atomic E-state index is 0.470. The van der Waals surface area contributed by atoms with Gasteiger partial charge in [-0.3, -0.25) is 0 Å². The summed E-state index contributed by atoms with van der Waals surface area (Å²) in [5.41, 5.74) is 1.29. The Morgan fingerprint density at radius 1 is 1.12 bits per heavy atom. The average Bonchev–Trinajstić information content (AvgIpc) is 2.27. The maximum Gasteiger partial charge on any atom is 0.161 e. The van der Waals surface area contributed by atoms with Gasteiger partial charge in [-0.25, -0.2) is 0 Å². The van der Waals surface area contributed by atoms with Crippen molar-refractivity contribution in [2.24, 2.45) is 0 Å². The molecule has 0 radical (unpaired) electrons. The smallest absolute Gasteiger partial charge is 0.161 e. The van der Waals surface area contributed by atoms with Gasteiger partial charge in [0.15, 0.2) is 11.5 Å². The molecule has 1 aliphatic heterocycles. The predicted molar refractivity (Wildman–Crippen MR) is 68.9 cm³/mol. The molecule has 0 saturated carbocycles. The third-order valence-corrected chi connectivity index (χ3v) is 2.77. The Bertz CT molecular complexity index is 376. The quantitative estimate of drug-likeness (QED) is 0.869. The number of benzene rings is 1. The van der Waals surface area contributed by atoms with Crippen molar-refractivity contribution in [2.75, 3.05) is 13.2 Å². The van der Waals surface area contributed by atoms with Crippen molar-refractivity contribution < 1.29 is 9.47 Å². The van der Waals surface area contributed by atoms with Crippen molar-refractivity contribution >= 4 is 0 Å². The van der Waals surface area contributed by atoms with Crippen molar-refractivity contribution in [3.63, 3.8) is 0 Å². The molecule has 2 rings (SSSR count). The van der Waals surface area contributed by atoms with Crippen molar-refractivity contribution in [3.8, 4) is 11.5 Å². The van der Waals surface area contributed by atoms with E-state index in [0.29, 0.717) is 25.3 Å². The fraction of sp³-hybridized carbons (Fsp3) is 0.571. The van der Waals surface area contributed by atoms with E-state index in [9.17, 15) is 0 Å². The lowest BCUT2D eigenvalue weighted by atomic mass is 10.1. The van der Waals surface area contributed by atoms with Crippen LogP contribution in [0.5, 0.6) is 11.5 Å². The second-order valence-corrected chi connectivity index (χ2v) is 4.90. The van der Waals surface area contributed by atoms with Gasteiger partial charge in [-0.1, -0.05) is 19.9 Å². The van der Waals surface area contributed by atoms with Gasteiger partial charge in [0.1, 0.15) is 13.2 Å². The van der Waals surface area contributed by atoms with E-state index in [2.05, 4.69) is 38.2 Å². The van der Waals surface area contributed by atoms with Crippen LogP contribution in [0.3, 0.4) is 0 Å². The van der Waals surface area contributed by atoms with Gasteiger partial charge in [-0.15, -0.1) is 0 Å². The molecule has 1 aromatic carbocycles. The van der Waals surface area contributed by atoms with Crippen molar-refractivity contribution in [1.29, 1.82) is 0 Å². The van der Waals surface area contributed by atoms with Crippen LogP contribution >= 0.6 is 0 Å². The first-order chi connectivity index (χ1) is 8.15. The summed E-state index contributed by atoms with van der Waals surface area (Å²) in [6.07, 6.45) is 1.01. The zero-order valence-corrected chi connectivity index (χ0v) is 10.8.